The number of rotatable bonds is 5. The van der Waals surface area contributed by atoms with Gasteiger partial charge in [0.15, 0.2) is 0 Å². The van der Waals surface area contributed by atoms with Gasteiger partial charge in [0.2, 0.25) is 0 Å². The zero-order chi connectivity index (χ0) is 22.0. The first kappa shape index (κ1) is 23.1. The third-order valence-corrected chi connectivity index (χ3v) is 5.08. The predicted molar refractivity (Wildman–Crippen MR) is 133 cm³/mol. The third kappa shape index (κ3) is 5.18. The molecule has 0 aliphatic carbocycles. The number of halogens is 1. The average Bonchev–Trinajstić information content (AvgIpc) is 2.72. The normalized spacial score (nSPS) is 10.5. The van der Waals surface area contributed by atoms with Gasteiger partial charge in [-0.3, -0.25) is 9.78 Å². The number of benzene rings is 3. The number of fused-ring (bicyclic) bond motifs is 1. The molecule has 0 radical (unpaired) electrons. The molecule has 0 aliphatic heterocycles. The first-order valence-electron chi connectivity index (χ1n) is 10.2. The van der Waals surface area contributed by atoms with Crippen LogP contribution in [0.1, 0.15) is 32.7 Å². The van der Waals surface area contributed by atoms with Gasteiger partial charge in [-0.1, -0.05) is 24.3 Å². The molecule has 4 rings (SSSR count). The first-order valence-corrected chi connectivity index (χ1v) is 10.2. The van der Waals surface area contributed by atoms with Crippen LogP contribution >= 0.6 is 12.4 Å². The van der Waals surface area contributed by atoms with Crippen LogP contribution in [0, 0.1) is 20.8 Å². The highest BCUT2D eigenvalue weighted by Crippen LogP contribution is 2.25. The minimum absolute atomic E-state index is 0. The van der Waals surface area contributed by atoms with Gasteiger partial charge < -0.3 is 15.8 Å². The number of carbonyl (C=O) groups is 1. The Kier molecular flexibility index (Phi) is 7.01. The monoisotopic (exact) mass is 447 g/mol. The molecule has 4 aromatic rings. The van der Waals surface area contributed by atoms with Crippen molar-refractivity contribution in [3.05, 3.63) is 94.7 Å². The fraction of sp³-hybridized carbons (Fsp3) is 0.154. The molecule has 3 aromatic carbocycles. The second-order valence-corrected chi connectivity index (χ2v) is 7.81. The summed E-state index contributed by atoms with van der Waals surface area (Å²) in [5.74, 6) is 0.595. The minimum Gasteiger partial charge on any atom is -0.489 e. The number of carbonyl (C=O) groups excluding carboxylic acids is 1. The molecule has 1 aromatic heterocycles. The lowest BCUT2D eigenvalue weighted by molar-refractivity contribution is 0.102. The van der Waals surface area contributed by atoms with Crippen LogP contribution in [0.3, 0.4) is 0 Å². The molecule has 3 N–H and O–H groups in total. The van der Waals surface area contributed by atoms with E-state index in [1.165, 1.54) is 0 Å². The number of nitrogen functional groups attached to an aromatic ring is 1. The molecule has 0 atom stereocenters. The molecule has 5 nitrogen and oxygen atoms in total. The smallest absolute Gasteiger partial charge is 0.256 e. The molecular formula is C26H26ClN3O2. The molecule has 0 saturated carbocycles. The molecule has 0 bridgehead atoms. The standard InChI is InChI=1S/C26H25N3O2.ClH/c1-16-10-17(2)12-21(11-16)31-15-19-6-4-5-7-22(19)26(30)29-20-8-9-25-23(14-20)24(27)13-18(3)28-25;/h4-14H,15H2,1-3H3,(H2,27,28)(H,29,30);1H. The van der Waals surface area contributed by atoms with Gasteiger partial charge in [-0.15, -0.1) is 12.4 Å². The summed E-state index contributed by atoms with van der Waals surface area (Å²) in [5.41, 5.74) is 12.8. The molecule has 1 heterocycles. The van der Waals surface area contributed by atoms with Gasteiger partial charge in [-0.05, 0) is 74.4 Å². The summed E-state index contributed by atoms with van der Waals surface area (Å²) in [7, 11) is 0. The number of nitrogens with zero attached hydrogens (tertiary/aromatic N) is 1. The van der Waals surface area contributed by atoms with Crippen LogP contribution in [0.25, 0.3) is 10.9 Å². The Labute approximate surface area is 194 Å². The summed E-state index contributed by atoms with van der Waals surface area (Å²) in [6, 6.07) is 20.9. The molecule has 1 amide bonds. The van der Waals surface area contributed by atoms with Crippen LogP contribution in [0.5, 0.6) is 5.75 Å². The molecular weight excluding hydrogens is 422 g/mol. The van der Waals surface area contributed by atoms with Gasteiger partial charge in [0.1, 0.15) is 12.4 Å². The van der Waals surface area contributed by atoms with Crippen molar-refractivity contribution in [2.75, 3.05) is 11.1 Å². The van der Waals surface area contributed by atoms with Crippen molar-refractivity contribution in [2.45, 2.75) is 27.4 Å². The maximum Gasteiger partial charge on any atom is 0.256 e. The van der Waals surface area contributed by atoms with Crippen LogP contribution in [0.15, 0.2) is 66.7 Å². The predicted octanol–water partition coefficient (Wildman–Crippen LogP) is 6.00. The van der Waals surface area contributed by atoms with E-state index in [9.17, 15) is 4.79 Å². The molecule has 0 fully saturated rings. The highest BCUT2D eigenvalue weighted by atomic mass is 35.5. The van der Waals surface area contributed by atoms with Crippen LogP contribution < -0.4 is 15.8 Å². The van der Waals surface area contributed by atoms with Crippen LogP contribution in [0.2, 0.25) is 0 Å². The van der Waals surface area contributed by atoms with Crippen molar-refractivity contribution in [3.63, 3.8) is 0 Å². The van der Waals surface area contributed by atoms with Crippen molar-refractivity contribution in [2.24, 2.45) is 0 Å². The topological polar surface area (TPSA) is 77.2 Å². The van der Waals surface area contributed by atoms with Crippen LogP contribution in [0.4, 0.5) is 11.4 Å². The van der Waals surface area contributed by atoms with E-state index in [4.69, 9.17) is 10.5 Å². The van der Waals surface area contributed by atoms with E-state index in [2.05, 4.69) is 16.4 Å². The summed E-state index contributed by atoms with van der Waals surface area (Å²) in [5, 5.41) is 3.79. The maximum atomic E-state index is 13.0. The van der Waals surface area contributed by atoms with E-state index in [-0.39, 0.29) is 18.3 Å². The Balaban J connectivity index is 0.00000289. The summed E-state index contributed by atoms with van der Waals surface area (Å²) in [4.78, 5) is 17.5. The Hall–Kier alpha value is -3.57. The lowest BCUT2D eigenvalue weighted by Crippen LogP contribution is -2.15. The van der Waals surface area contributed by atoms with Crippen LogP contribution in [-0.2, 0) is 6.61 Å². The zero-order valence-corrected chi connectivity index (χ0v) is 19.1. The second kappa shape index (κ2) is 9.71. The van der Waals surface area contributed by atoms with Gasteiger partial charge in [0, 0.05) is 33.6 Å². The van der Waals surface area contributed by atoms with E-state index >= 15 is 0 Å². The number of aromatic nitrogens is 1. The van der Waals surface area contributed by atoms with E-state index in [0.29, 0.717) is 23.5 Å². The van der Waals surface area contributed by atoms with Crippen LogP contribution in [-0.4, -0.2) is 10.9 Å². The van der Waals surface area contributed by atoms with E-state index in [1.807, 2.05) is 75.4 Å². The number of hydrogen-bond acceptors (Lipinski definition) is 4. The van der Waals surface area contributed by atoms with Gasteiger partial charge in [0.25, 0.3) is 5.91 Å². The third-order valence-electron chi connectivity index (χ3n) is 5.08. The lowest BCUT2D eigenvalue weighted by atomic mass is 10.1. The SMILES string of the molecule is Cc1cc(C)cc(OCc2ccccc2C(=O)Nc2ccc3nc(C)cc(N)c3c2)c1.Cl. The Morgan fingerprint density at radius 2 is 1.69 bits per heavy atom. The van der Waals surface area contributed by atoms with E-state index in [0.717, 1.165) is 39.0 Å². The summed E-state index contributed by atoms with van der Waals surface area (Å²) in [6.07, 6.45) is 0. The van der Waals surface area contributed by atoms with Gasteiger partial charge in [0.05, 0.1) is 5.52 Å². The number of hydrogen-bond donors (Lipinski definition) is 2. The van der Waals surface area contributed by atoms with Crippen molar-refractivity contribution >= 4 is 40.6 Å². The molecule has 0 aliphatic rings. The Bertz CT molecular complexity index is 1270. The largest absolute Gasteiger partial charge is 0.489 e. The summed E-state index contributed by atoms with van der Waals surface area (Å²) < 4.78 is 5.97. The Morgan fingerprint density at radius 3 is 2.44 bits per heavy atom. The van der Waals surface area contributed by atoms with Crippen molar-refractivity contribution in [1.82, 2.24) is 4.98 Å². The molecule has 6 heteroatoms. The van der Waals surface area contributed by atoms with E-state index in [1.54, 1.807) is 6.07 Å². The lowest BCUT2D eigenvalue weighted by Gasteiger charge is -2.13. The first-order chi connectivity index (χ1) is 14.9. The number of pyridine rings is 1. The van der Waals surface area contributed by atoms with E-state index < -0.39 is 0 Å². The maximum absolute atomic E-state index is 13.0. The number of ether oxygens (including phenoxy) is 1. The quantitative estimate of drug-likeness (QED) is 0.393. The van der Waals surface area contributed by atoms with Gasteiger partial charge >= 0.3 is 0 Å². The second-order valence-electron chi connectivity index (χ2n) is 7.81. The molecule has 164 valence electrons. The molecule has 0 saturated heterocycles. The molecule has 32 heavy (non-hydrogen) atoms. The summed E-state index contributed by atoms with van der Waals surface area (Å²) in [6.45, 7) is 6.28. The highest BCUT2D eigenvalue weighted by Gasteiger charge is 2.13. The fourth-order valence-electron chi connectivity index (χ4n) is 3.71. The number of aryl methyl sites for hydroxylation is 3. The van der Waals surface area contributed by atoms with Crippen molar-refractivity contribution < 1.29 is 9.53 Å². The van der Waals surface area contributed by atoms with Gasteiger partial charge in [-0.2, -0.15) is 0 Å². The number of nitrogens with two attached hydrogens (primary N) is 1. The fourth-order valence-corrected chi connectivity index (χ4v) is 3.71. The van der Waals surface area contributed by atoms with Crippen molar-refractivity contribution in [1.29, 1.82) is 0 Å². The molecule has 0 spiro atoms. The molecule has 0 unspecified atom stereocenters. The zero-order valence-electron chi connectivity index (χ0n) is 18.3. The highest BCUT2D eigenvalue weighted by molar-refractivity contribution is 6.06. The summed E-state index contributed by atoms with van der Waals surface area (Å²) >= 11 is 0. The number of amides is 1. The number of anilines is 2. The Morgan fingerprint density at radius 1 is 0.969 bits per heavy atom. The average molecular weight is 448 g/mol. The van der Waals surface area contributed by atoms with Crippen molar-refractivity contribution in [3.8, 4) is 5.75 Å². The number of nitrogens with one attached hydrogen (secondary N) is 1. The minimum atomic E-state index is -0.197. The van der Waals surface area contributed by atoms with Gasteiger partial charge in [-0.25, -0.2) is 0 Å².